The Labute approximate surface area is 91.3 Å². The Hall–Kier alpha value is 0.657. The highest BCUT2D eigenvalue weighted by atomic mass is 35.8. The van der Waals surface area contributed by atoms with Gasteiger partial charge in [-0.05, 0) is 23.6 Å². The van der Waals surface area contributed by atoms with E-state index in [0.29, 0.717) is 0 Å². The molecule has 0 aromatic heterocycles. The van der Waals surface area contributed by atoms with Gasteiger partial charge in [-0.1, -0.05) is 12.1 Å². The van der Waals surface area contributed by atoms with E-state index >= 15 is 0 Å². The van der Waals surface area contributed by atoms with Crippen molar-refractivity contribution in [1.29, 1.82) is 0 Å². The Morgan fingerprint density at radius 1 is 1.08 bits per heavy atom. The van der Waals surface area contributed by atoms with E-state index in [1.807, 2.05) is 30.5 Å². The van der Waals surface area contributed by atoms with Crippen LogP contribution in [0, 0.1) is 0 Å². The van der Waals surface area contributed by atoms with Crippen molar-refractivity contribution >= 4 is 56.2 Å². The van der Waals surface area contributed by atoms with Crippen molar-refractivity contribution in [2.45, 2.75) is 4.90 Å². The molecular weight excluding hydrogens is 251 g/mol. The molecule has 0 radical (unpaired) electrons. The molecule has 0 nitrogen and oxygen atoms in total. The maximum absolute atomic E-state index is 5.82. The fraction of sp³-hybridized carbons (Fsp3) is 0.143. The van der Waals surface area contributed by atoms with Crippen molar-refractivity contribution in [3.8, 4) is 0 Å². The molecule has 1 rings (SSSR count). The molecule has 0 spiro atoms. The van der Waals surface area contributed by atoms with Gasteiger partial charge >= 0.3 is 6.00 Å². The molecule has 1 aromatic carbocycles. The van der Waals surface area contributed by atoms with E-state index in [9.17, 15) is 0 Å². The van der Waals surface area contributed by atoms with E-state index in [0.717, 1.165) is 5.19 Å². The molecule has 0 unspecified atom stereocenters. The largest absolute Gasteiger partial charge is 0.372 e. The van der Waals surface area contributed by atoms with E-state index in [1.165, 1.54) is 4.90 Å². The third kappa shape index (κ3) is 2.86. The Kier molecular flexibility index (Phi) is 3.80. The summed E-state index contributed by atoms with van der Waals surface area (Å²) < 4.78 is 0. The molecule has 1 aromatic rings. The molecule has 0 heterocycles. The van der Waals surface area contributed by atoms with Gasteiger partial charge in [-0.25, -0.2) is 0 Å². The second-order valence-electron chi connectivity index (χ2n) is 2.23. The number of halogens is 3. The van der Waals surface area contributed by atoms with E-state index in [-0.39, 0.29) is 0 Å². The lowest BCUT2D eigenvalue weighted by molar-refractivity contribution is 1.49. The summed E-state index contributed by atoms with van der Waals surface area (Å²) in [6.07, 6.45) is 2.02. The predicted octanol–water partition coefficient (Wildman–Crippen LogP) is 3.27. The Balaban J connectivity index is 2.93. The predicted molar refractivity (Wildman–Crippen MR) is 61.2 cm³/mol. The molecule has 12 heavy (non-hydrogen) atoms. The van der Waals surface area contributed by atoms with Crippen molar-refractivity contribution in [3.63, 3.8) is 0 Å². The first kappa shape index (κ1) is 10.7. The zero-order chi connectivity index (χ0) is 9.19. The lowest BCUT2D eigenvalue weighted by Gasteiger charge is -2.07. The second-order valence-corrected chi connectivity index (χ2v) is 11.5. The molecule has 0 amide bonds. The van der Waals surface area contributed by atoms with E-state index in [4.69, 9.17) is 33.2 Å². The molecule has 0 bridgehead atoms. The minimum Gasteiger partial charge on any atom is -0.130 e. The highest BCUT2D eigenvalue weighted by Gasteiger charge is 2.27. The van der Waals surface area contributed by atoms with Crippen molar-refractivity contribution in [1.82, 2.24) is 0 Å². The second kappa shape index (κ2) is 4.25. The summed E-state index contributed by atoms with van der Waals surface area (Å²) in [6.45, 7) is 0. The molecule has 0 aliphatic heterocycles. The van der Waals surface area contributed by atoms with Crippen LogP contribution in [0.15, 0.2) is 29.2 Å². The van der Waals surface area contributed by atoms with E-state index < -0.39 is 6.00 Å². The van der Waals surface area contributed by atoms with Gasteiger partial charge in [0.25, 0.3) is 0 Å². The van der Waals surface area contributed by atoms with Gasteiger partial charge < -0.3 is 0 Å². The Morgan fingerprint density at radius 3 is 1.92 bits per heavy atom. The SMILES string of the molecule is CSc1ccc([Si](Cl)(Cl)Cl)cc1. The first-order valence-electron chi connectivity index (χ1n) is 3.25. The van der Waals surface area contributed by atoms with Crippen LogP contribution < -0.4 is 5.19 Å². The summed E-state index contributed by atoms with van der Waals surface area (Å²) in [5.41, 5.74) is 0. The van der Waals surface area contributed by atoms with Crippen LogP contribution in [0.5, 0.6) is 0 Å². The number of thioether (sulfide) groups is 1. The smallest absolute Gasteiger partial charge is 0.130 e. The van der Waals surface area contributed by atoms with Crippen LogP contribution in [0.3, 0.4) is 0 Å². The molecule has 0 atom stereocenters. The van der Waals surface area contributed by atoms with E-state index in [1.54, 1.807) is 11.8 Å². The van der Waals surface area contributed by atoms with Crippen LogP contribution in [0.2, 0.25) is 0 Å². The monoisotopic (exact) mass is 256 g/mol. The molecule has 5 heteroatoms. The fourth-order valence-corrected chi connectivity index (χ4v) is 2.87. The van der Waals surface area contributed by atoms with Gasteiger partial charge in [0.15, 0.2) is 0 Å². The molecule has 0 fully saturated rings. The molecule has 0 N–H and O–H groups in total. The van der Waals surface area contributed by atoms with Crippen molar-refractivity contribution in [2.75, 3.05) is 6.26 Å². The van der Waals surface area contributed by atoms with Crippen LogP contribution in [0.25, 0.3) is 0 Å². The summed E-state index contributed by atoms with van der Waals surface area (Å²) in [4.78, 5) is 1.18. The first-order chi connectivity index (χ1) is 5.54. The maximum atomic E-state index is 5.82. The number of benzene rings is 1. The third-order valence-corrected chi connectivity index (χ3v) is 5.11. The molecule has 0 saturated heterocycles. The van der Waals surface area contributed by atoms with Gasteiger partial charge in [0, 0.05) is 4.90 Å². The minimum absolute atomic E-state index is 0.838. The summed E-state index contributed by atoms with van der Waals surface area (Å²) in [6, 6.07) is 5.03. The standard InChI is InChI=1S/C7H7Cl3SSi/c1-11-6-2-4-7(5-3-6)12(8,9)10/h2-5H,1H3. The lowest BCUT2D eigenvalue weighted by Crippen LogP contribution is -2.29. The van der Waals surface area contributed by atoms with Gasteiger partial charge in [0.1, 0.15) is 0 Å². The Morgan fingerprint density at radius 2 is 1.58 bits per heavy atom. The van der Waals surface area contributed by atoms with Crippen LogP contribution in [0.4, 0.5) is 0 Å². The first-order valence-corrected chi connectivity index (χ1v) is 9.51. The van der Waals surface area contributed by atoms with Gasteiger partial charge in [0.2, 0.25) is 0 Å². The van der Waals surface area contributed by atoms with Crippen molar-refractivity contribution in [3.05, 3.63) is 24.3 Å². The number of hydrogen-bond donors (Lipinski definition) is 0. The average molecular weight is 258 g/mol. The number of hydrogen-bond acceptors (Lipinski definition) is 1. The minimum atomic E-state index is -2.66. The Bertz CT molecular complexity index is 254. The molecule has 66 valence electrons. The summed E-state index contributed by atoms with van der Waals surface area (Å²) >= 11 is 19.1. The quantitative estimate of drug-likeness (QED) is 0.445. The lowest BCUT2D eigenvalue weighted by atomic mass is 10.4. The summed E-state index contributed by atoms with van der Waals surface area (Å²) in [7, 11) is 0. The van der Waals surface area contributed by atoms with Crippen LogP contribution in [0.1, 0.15) is 0 Å². The van der Waals surface area contributed by atoms with Crippen LogP contribution >= 0.6 is 45.0 Å². The number of rotatable bonds is 2. The highest BCUT2D eigenvalue weighted by molar-refractivity contribution is 7.98. The normalized spacial score (nSPS) is 11.7. The highest BCUT2D eigenvalue weighted by Crippen LogP contribution is 2.21. The van der Waals surface area contributed by atoms with Crippen molar-refractivity contribution in [2.24, 2.45) is 0 Å². The molecule has 0 aliphatic rings. The fourth-order valence-electron chi connectivity index (χ4n) is 0.780. The van der Waals surface area contributed by atoms with Gasteiger partial charge in [-0.15, -0.1) is 45.0 Å². The van der Waals surface area contributed by atoms with Crippen LogP contribution in [-0.4, -0.2) is 12.3 Å². The molecule has 0 aliphatic carbocycles. The average Bonchev–Trinajstić information content (AvgIpc) is 2.03. The van der Waals surface area contributed by atoms with Gasteiger partial charge in [0.05, 0.1) is 0 Å². The molecule has 0 saturated carbocycles. The summed E-state index contributed by atoms with van der Waals surface area (Å²) in [5, 5.41) is 0.838. The van der Waals surface area contributed by atoms with Crippen LogP contribution in [-0.2, 0) is 0 Å². The van der Waals surface area contributed by atoms with Gasteiger partial charge in [-0.2, -0.15) is 0 Å². The van der Waals surface area contributed by atoms with Crippen molar-refractivity contribution < 1.29 is 0 Å². The topological polar surface area (TPSA) is 0 Å². The summed E-state index contributed by atoms with van der Waals surface area (Å²) in [5.74, 6) is 0. The zero-order valence-corrected chi connectivity index (χ0v) is 10.4. The molecular formula is C7H7Cl3SSi. The zero-order valence-electron chi connectivity index (χ0n) is 6.35. The third-order valence-electron chi connectivity index (χ3n) is 1.42. The van der Waals surface area contributed by atoms with E-state index in [2.05, 4.69) is 0 Å². The maximum Gasteiger partial charge on any atom is 0.372 e. The van der Waals surface area contributed by atoms with Gasteiger partial charge in [-0.3, -0.25) is 0 Å².